The second-order valence-electron chi connectivity index (χ2n) is 4.45. The van der Waals surface area contributed by atoms with E-state index in [4.69, 9.17) is 12.2 Å². The Morgan fingerprint density at radius 3 is 2.76 bits per heavy atom. The summed E-state index contributed by atoms with van der Waals surface area (Å²) in [6.07, 6.45) is 2.86. The number of rotatable bonds is 2. The first-order valence-electron chi connectivity index (χ1n) is 6.35. The first kappa shape index (κ1) is 15.1. The van der Waals surface area contributed by atoms with Gasteiger partial charge in [0.15, 0.2) is 5.11 Å². The second-order valence-corrected chi connectivity index (χ2v) is 4.84. The third-order valence-corrected chi connectivity index (χ3v) is 3.21. The maximum atomic E-state index is 12.7. The Labute approximate surface area is 126 Å². The summed E-state index contributed by atoms with van der Waals surface area (Å²) in [6, 6.07) is 5.75. The van der Waals surface area contributed by atoms with Crippen LogP contribution in [0.5, 0.6) is 0 Å². The Morgan fingerprint density at radius 2 is 2.10 bits per heavy atom. The Kier molecular flexibility index (Phi) is 4.99. The number of thiocarbonyl (C=S) groups is 1. The summed E-state index contributed by atoms with van der Waals surface area (Å²) in [5.41, 5.74) is 0.704. The Morgan fingerprint density at radius 1 is 1.38 bits per heavy atom. The average Bonchev–Trinajstić information content (AvgIpc) is 2.46. The van der Waals surface area contributed by atoms with Crippen LogP contribution in [0, 0.1) is 5.82 Å². The zero-order valence-electron chi connectivity index (χ0n) is 11.1. The van der Waals surface area contributed by atoms with E-state index in [0.29, 0.717) is 18.7 Å². The molecule has 1 saturated heterocycles. The van der Waals surface area contributed by atoms with E-state index in [-0.39, 0.29) is 23.4 Å². The van der Waals surface area contributed by atoms with Crippen molar-refractivity contribution in [3.63, 3.8) is 0 Å². The van der Waals surface area contributed by atoms with Gasteiger partial charge in [-0.1, -0.05) is 12.1 Å². The van der Waals surface area contributed by atoms with E-state index in [1.165, 1.54) is 18.2 Å². The summed E-state index contributed by atoms with van der Waals surface area (Å²) >= 11 is 5.08. The summed E-state index contributed by atoms with van der Waals surface area (Å²) in [7, 11) is 0. The number of carbonyl (C=O) groups excluding carboxylic acids is 2. The maximum absolute atomic E-state index is 12.7. The van der Waals surface area contributed by atoms with Crippen LogP contribution in [0.25, 0.3) is 6.08 Å². The molecule has 0 bridgehead atoms. The van der Waals surface area contributed by atoms with Gasteiger partial charge in [0.2, 0.25) is 11.8 Å². The fourth-order valence-corrected chi connectivity index (χ4v) is 2.04. The van der Waals surface area contributed by atoms with Gasteiger partial charge < -0.3 is 10.2 Å². The van der Waals surface area contributed by atoms with Gasteiger partial charge in [0, 0.05) is 19.2 Å². The van der Waals surface area contributed by atoms with Gasteiger partial charge in [-0.05, 0) is 36.0 Å². The molecule has 1 aliphatic rings. The fourth-order valence-electron chi connectivity index (χ4n) is 1.78. The lowest BCUT2D eigenvalue weighted by Gasteiger charge is -2.28. The highest BCUT2D eigenvalue weighted by Gasteiger charge is 2.19. The van der Waals surface area contributed by atoms with E-state index in [2.05, 4.69) is 10.6 Å². The highest BCUT2D eigenvalue weighted by atomic mass is 32.1. The molecule has 1 heterocycles. The minimum atomic E-state index is -0.393. The lowest BCUT2D eigenvalue weighted by atomic mass is 10.2. The number of amides is 2. The number of halogens is 1. The standard InChI is InChI=1S/C14H14FN3O2S/c15-11-4-1-10(2-5-11)3-6-12(19)17-14(21)18-8-7-16-13(20)9-18/h1-6H,7-9H2,(H,16,20)(H,17,19,21). The van der Waals surface area contributed by atoms with Crippen molar-refractivity contribution in [3.8, 4) is 0 Å². The molecule has 1 aliphatic heterocycles. The molecule has 2 amide bonds. The van der Waals surface area contributed by atoms with E-state index in [0.717, 1.165) is 0 Å². The molecule has 7 heteroatoms. The minimum absolute atomic E-state index is 0.125. The Hall–Kier alpha value is -2.28. The lowest BCUT2D eigenvalue weighted by Crippen LogP contribution is -2.53. The van der Waals surface area contributed by atoms with Crippen LogP contribution in [-0.4, -0.2) is 41.5 Å². The summed E-state index contributed by atoms with van der Waals surface area (Å²) < 4.78 is 12.7. The van der Waals surface area contributed by atoms with Gasteiger partial charge in [-0.2, -0.15) is 0 Å². The quantitative estimate of drug-likeness (QED) is 0.623. The smallest absolute Gasteiger partial charge is 0.250 e. The molecule has 0 saturated carbocycles. The molecule has 0 spiro atoms. The Balaban J connectivity index is 1.87. The Bertz CT molecular complexity index is 586. The number of carbonyl (C=O) groups is 2. The van der Waals surface area contributed by atoms with Crippen molar-refractivity contribution in [1.82, 2.24) is 15.5 Å². The highest BCUT2D eigenvalue weighted by Crippen LogP contribution is 2.04. The average molecular weight is 307 g/mol. The molecule has 2 N–H and O–H groups in total. The third-order valence-electron chi connectivity index (χ3n) is 2.85. The summed E-state index contributed by atoms with van der Waals surface area (Å²) in [4.78, 5) is 24.6. The van der Waals surface area contributed by atoms with Crippen molar-refractivity contribution >= 4 is 35.2 Å². The van der Waals surface area contributed by atoms with Crippen LogP contribution in [0.1, 0.15) is 5.56 Å². The molecule has 1 aromatic carbocycles. The van der Waals surface area contributed by atoms with Crippen molar-refractivity contribution in [2.45, 2.75) is 0 Å². The second kappa shape index (κ2) is 6.94. The van der Waals surface area contributed by atoms with Crippen LogP contribution in [0.15, 0.2) is 30.3 Å². The van der Waals surface area contributed by atoms with Crippen LogP contribution in [-0.2, 0) is 9.59 Å². The zero-order chi connectivity index (χ0) is 15.2. The molecule has 1 aromatic rings. The van der Waals surface area contributed by atoms with Crippen molar-refractivity contribution in [1.29, 1.82) is 0 Å². The SMILES string of the molecule is O=C(C=Cc1ccc(F)cc1)NC(=S)N1CCNC(=O)C1. The monoisotopic (exact) mass is 307 g/mol. The van der Waals surface area contributed by atoms with E-state index >= 15 is 0 Å². The van der Waals surface area contributed by atoms with Gasteiger partial charge >= 0.3 is 0 Å². The van der Waals surface area contributed by atoms with Crippen molar-refractivity contribution in [2.75, 3.05) is 19.6 Å². The molecular formula is C14H14FN3O2S. The van der Waals surface area contributed by atoms with E-state index in [1.54, 1.807) is 23.1 Å². The van der Waals surface area contributed by atoms with Crippen LogP contribution in [0.3, 0.4) is 0 Å². The lowest BCUT2D eigenvalue weighted by molar-refractivity contribution is -0.123. The van der Waals surface area contributed by atoms with Gasteiger partial charge in [0.25, 0.3) is 0 Å². The number of hydrogen-bond donors (Lipinski definition) is 2. The number of piperazine rings is 1. The van der Waals surface area contributed by atoms with Gasteiger partial charge in [-0.3, -0.25) is 14.9 Å². The van der Waals surface area contributed by atoms with Crippen LogP contribution >= 0.6 is 12.2 Å². The fraction of sp³-hybridized carbons (Fsp3) is 0.214. The molecule has 2 rings (SSSR count). The molecule has 0 aromatic heterocycles. The topological polar surface area (TPSA) is 61.4 Å². The largest absolute Gasteiger partial charge is 0.353 e. The number of nitrogens with zero attached hydrogens (tertiary/aromatic N) is 1. The molecule has 110 valence electrons. The van der Waals surface area contributed by atoms with Gasteiger partial charge in [-0.15, -0.1) is 0 Å². The zero-order valence-corrected chi connectivity index (χ0v) is 12.0. The van der Waals surface area contributed by atoms with Crippen molar-refractivity contribution in [3.05, 3.63) is 41.7 Å². The predicted molar refractivity (Wildman–Crippen MR) is 80.8 cm³/mol. The van der Waals surface area contributed by atoms with E-state index < -0.39 is 5.91 Å². The number of benzene rings is 1. The number of hydrogen-bond acceptors (Lipinski definition) is 3. The van der Waals surface area contributed by atoms with E-state index in [9.17, 15) is 14.0 Å². The summed E-state index contributed by atoms with van der Waals surface area (Å²) in [5, 5.41) is 5.42. The predicted octanol–water partition coefficient (Wildman–Crippen LogP) is 0.672. The first-order chi connectivity index (χ1) is 10.0. The summed E-state index contributed by atoms with van der Waals surface area (Å²) in [6.45, 7) is 1.20. The first-order valence-corrected chi connectivity index (χ1v) is 6.75. The third kappa shape index (κ3) is 4.64. The number of nitrogens with one attached hydrogen (secondary N) is 2. The van der Waals surface area contributed by atoms with Crippen molar-refractivity contribution < 1.29 is 14.0 Å². The minimum Gasteiger partial charge on any atom is -0.353 e. The van der Waals surface area contributed by atoms with Crippen LogP contribution in [0.4, 0.5) is 4.39 Å². The molecule has 0 unspecified atom stereocenters. The molecule has 0 radical (unpaired) electrons. The van der Waals surface area contributed by atoms with Gasteiger partial charge in [-0.25, -0.2) is 4.39 Å². The molecule has 0 aliphatic carbocycles. The summed E-state index contributed by atoms with van der Waals surface area (Å²) in [5.74, 6) is -0.851. The molecule has 5 nitrogen and oxygen atoms in total. The highest BCUT2D eigenvalue weighted by molar-refractivity contribution is 7.80. The van der Waals surface area contributed by atoms with Gasteiger partial charge in [0.05, 0.1) is 6.54 Å². The molecule has 0 atom stereocenters. The molecule has 21 heavy (non-hydrogen) atoms. The molecule has 1 fully saturated rings. The molecular weight excluding hydrogens is 293 g/mol. The maximum Gasteiger partial charge on any atom is 0.250 e. The van der Waals surface area contributed by atoms with Crippen LogP contribution < -0.4 is 10.6 Å². The van der Waals surface area contributed by atoms with E-state index in [1.807, 2.05) is 0 Å². The van der Waals surface area contributed by atoms with Gasteiger partial charge in [0.1, 0.15) is 5.82 Å². The van der Waals surface area contributed by atoms with Crippen molar-refractivity contribution in [2.24, 2.45) is 0 Å². The van der Waals surface area contributed by atoms with Crippen LogP contribution in [0.2, 0.25) is 0 Å². The normalized spacial score (nSPS) is 14.9.